The van der Waals surface area contributed by atoms with Gasteiger partial charge in [-0.2, -0.15) is 0 Å². The Balaban J connectivity index is 0.00000210. The number of aryl methyl sites for hydroxylation is 2. The van der Waals surface area contributed by atoms with E-state index in [2.05, 4.69) is 65.9 Å². The van der Waals surface area contributed by atoms with Crippen LogP contribution in [0.4, 0.5) is 0 Å². The summed E-state index contributed by atoms with van der Waals surface area (Å²) in [4.78, 5) is 2.60. The molecule has 0 aliphatic carbocycles. The molecule has 0 radical (unpaired) electrons. The third-order valence-corrected chi connectivity index (χ3v) is 5.54. The Hall–Kier alpha value is -1.97. The standard InChI is InChI=1S/C23H28N2O.ClH/c1-18-9-8-10-19(15-18)26-17-23-21(16-25-13-6-3-7-14-25)20-11-4-5-12-22(20)24(23)2;/h4-5,8-12,15H,3,6-7,13-14,16-17H2,1-2H3;1H. The number of benzene rings is 2. The number of aromatic nitrogens is 1. The Morgan fingerprint density at radius 2 is 1.74 bits per heavy atom. The molecule has 0 atom stereocenters. The predicted octanol–water partition coefficient (Wildman–Crippen LogP) is 5.47. The van der Waals surface area contributed by atoms with Gasteiger partial charge in [-0.25, -0.2) is 0 Å². The van der Waals surface area contributed by atoms with Crippen molar-refractivity contribution in [3.8, 4) is 5.75 Å². The van der Waals surface area contributed by atoms with Gasteiger partial charge in [-0.15, -0.1) is 12.4 Å². The molecule has 4 rings (SSSR count). The van der Waals surface area contributed by atoms with Crippen LogP contribution in [0.5, 0.6) is 5.75 Å². The van der Waals surface area contributed by atoms with Crippen molar-refractivity contribution in [1.82, 2.24) is 9.47 Å². The van der Waals surface area contributed by atoms with E-state index in [1.807, 2.05) is 6.07 Å². The van der Waals surface area contributed by atoms with Crippen molar-refractivity contribution in [2.24, 2.45) is 7.05 Å². The number of ether oxygens (including phenoxy) is 1. The lowest BCUT2D eigenvalue weighted by Gasteiger charge is -2.26. The van der Waals surface area contributed by atoms with Gasteiger partial charge in [0.25, 0.3) is 0 Å². The minimum atomic E-state index is 0. The fraction of sp³-hybridized carbons (Fsp3) is 0.391. The van der Waals surface area contributed by atoms with Crippen molar-refractivity contribution >= 4 is 23.3 Å². The molecule has 3 nitrogen and oxygen atoms in total. The van der Waals surface area contributed by atoms with Crippen LogP contribution in [-0.2, 0) is 20.2 Å². The molecule has 0 bridgehead atoms. The molecule has 1 aliphatic heterocycles. The van der Waals surface area contributed by atoms with E-state index < -0.39 is 0 Å². The molecular weight excluding hydrogens is 356 g/mol. The van der Waals surface area contributed by atoms with Gasteiger partial charge in [-0.05, 0) is 62.2 Å². The number of rotatable bonds is 5. The second-order valence-corrected chi connectivity index (χ2v) is 7.44. The molecule has 0 saturated carbocycles. The molecule has 1 aliphatic rings. The van der Waals surface area contributed by atoms with Crippen molar-refractivity contribution in [1.29, 1.82) is 0 Å². The number of fused-ring (bicyclic) bond motifs is 1. The van der Waals surface area contributed by atoms with Gasteiger partial charge in [-0.1, -0.05) is 36.8 Å². The van der Waals surface area contributed by atoms with Crippen LogP contribution in [0.25, 0.3) is 10.9 Å². The van der Waals surface area contributed by atoms with Crippen molar-refractivity contribution in [2.75, 3.05) is 13.1 Å². The zero-order chi connectivity index (χ0) is 17.9. The summed E-state index contributed by atoms with van der Waals surface area (Å²) in [6.07, 6.45) is 4.01. The monoisotopic (exact) mass is 384 g/mol. The van der Waals surface area contributed by atoms with Crippen molar-refractivity contribution < 1.29 is 4.74 Å². The lowest BCUT2D eigenvalue weighted by atomic mass is 10.1. The summed E-state index contributed by atoms with van der Waals surface area (Å²) in [6, 6.07) is 17.0. The topological polar surface area (TPSA) is 17.4 Å². The highest BCUT2D eigenvalue weighted by atomic mass is 35.5. The van der Waals surface area contributed by atoms with Gasteiger partial charge in [0.1, 0.15) is 12.4 Å². The summed E-state index contributed by atoms with van der Waals surface area (Å²) in [5.74, 6) is 0.944. The van der Waals surface area contributed by atoms with Gasteiger partial charge in [-0.3, -0.25) is 4.90 Å². The molecule has 0 amide bonds. The first-order valence-electron chi connectivity index (χ1n) is 9.69. The molecule has 3 aromatic rings. The van der Waals surface area contributed by atoms with Crippen molar-refractivity contribution in [2.45, 2.75) is 39.3 Å². The quantitative estimate of drug-likeness (QED) is 0.580. The van der Waals surface area contributed by atoms with E-state index in [4.69, 9.17) is 4.74 Å². The lowest BCUT2D eigenvalue weighted by Crippen LogP contribution is -2.29. The lowest BCUT2D eigenvalue weighted by molar-refractivity contribution is 0.218. The van der Waals surface area contributed by atoms with Crippen molar-refractivity contribution in [3.63, 3.8) is 0 Å². The number of nitrogens with zero attached hydrogens (tertiary/aromatic N) is 2. The Bertz CT molecular complexity index is 897. The largest absolute Gasteiger partial charge is 0.487 e. The molecule has 0 N–H and O–H groups in total. The van der Waals surface area contributed by atoms with Gasteiger partial charge in [0.05, 0.1) is 5.69 Å². The number of hydrogen-bond acceptors (Lipinski definition) is 2. The second kappa shape index (κ2) is 8.81. The molecule has 2 aromatic carbocycles. The fourth-order valence-electron chi connectivity index (χ4n) is 4.08. The van der Waals surface area contributed by atoms with E-state index in [0.717, 1.165) is 12.3 Å². The average Bonchev–Trinajstić information content (AvgIpc) is 2.93. The maximum Gasteiger partial charge on any atom is 0.129 e. The molecule has 144 valence electrons. The van der Waals surface area contributed by atoms with Crippen molar-refractivity contribution in [3.05, 3.63) is 65.4 Å². The van der Waals surface area contributed by atoms with Crippen LogP contribution in [0.3, 0.4) is 0 Å². The highest BCUT2D eigenvalue weighted by Gasteiger charge is 2.19. The summed E-state index contributed by atoms with van der Waals surface area (Å²) in [5, 5.41) is 1.36. The summed E-state index contributed by atoms with van der Waals surface area (Å²) < 4.78 is 8.48. The van der Waals surface area contributed by atoms with Crippen LogP contribution in [-0.4, -0.2) is 22.6 Å². The smallest absolute Gasteiger partial charge is 0.129 e. The molecule has 0 spiro atoms. The van der Waals surface area contributed by atoms with Crippen LogP contribution in [0.1, 0.15) is 36.1 Å². The van der Waals surface area contributed by atoms with E-state index in [1.54, 1.807) is 0 Å². The molecule has 0 unspecified atom stereocenters. The fourth-order valence-corrected chi connectivity index (χ4v) is 4.08. The van der Waals surface area contributed by atoms with Crippen LogP contribution in [0.15, 0.2) is 48.5 Å². The SMILES string of the molecule is Cc1cccc(OCc2c(CN3CCCCC3)c3ccccc3n2C)c1.Cl. The van der Waals surface area contributed by atoms with E-state index in [0.29, 0.717) is 6.61 Å². The van der Waals surface area contributed by atoms with Gasteiger partial charge in [0.2, 0.25) is 0 Å². The predicted molar refractivity (Wildman–Crippen MR) is 115 cm³/mol. The summed E-state index contributed by atoms with van der Waals surface area (Å²) >= 11 is 0. The summed E-state index contributed by atoms with van der Waals surface area (Å²) in [7, 11) is 2.16. The molecule has 1 fully saturated rings. The third kappa shape index (κ3) is 4.31. The van der Waals surface area contributed by atoms with Gasteiger partial charge < -0.3 is 9.30 Å². The molecule has 4 heteroatoms. The Morgan fingerprint density at radius 1 is 0.963 bits per heavy atom. The van der Waals surface area contributed by atoms with Gasteiger partial charge >= 0.3 is 0 Å². The molecule has 1 saturated heterocycles. The summed E-state index contributed by atoms with van der Waals surface area (Å²) in [5.41, 5.74) is 5.24. The zero-order valence-corrected chi connectivity index (χ0v) is 17.1. The highest BCUT2D eigenvalue weighted by Crippen LogP contribution is 2.28. The van der Waals surface area contributed by atoms with Crippen LogP contribution in [0, 0.1) is 6.92 Å². The van der Waals surface area contributed by atoms with Gasteiger partial charge in [0.15, 0.2) is 0 Å². The molecule has 1 aromatic heterocycles. The number of likely N-dealkylation sites (tertiary alicyclic amines) is 1. The first-order valence-corrected chi connectivity index (χ1v) is 9.69. The minimum absolute atomic E-state index is 0. The van der Waals surface area contributed by atoms with E-state index in [-0.39, 0.29) is 12.4 Å². The number of hydrogen-bond donors (Lipinski definition) is 0. The minimum Gasteiger partial charge on any atom is -0.487 e. The number of piperidine rings is 1. The first kappa shape index (κ1) is 19.8. The highest BCUT2D eigenvalue weighted by molar-refractivity contribution is 5.85. The van der Waals surface area contributed by atoms with E-state index in [9.17, 15) is 0 Å². The first-order chi connectivity index (χ1) is 12.7. The van der Waals surface area contributed by atoms with Crippen LogP contribution >= 0.6 is 12.4 Å². The number of para-hydroxylation sites is 1. The van der Waals surface area contributed by atoms with Crippen LogP contribution < -0.4 is 4.74 Å². The molecular formula is C23H29ClN2O. The number of halogens is 1. The van der Waals surface area contributed by atoms with Crippen LogP contribution in [0.2, 0.25) is 0 Å². The molecule has 2 heterocycles. The normalized spacial score (nSPS) is 14.9. The maximum absolute atomic E-state index is 6.17. The Labute approximate surface area is 168 Å². The van der Waals surface area contributed by atoms with Gasteiger partial charge in [0, 0.05) is 24.5 Å². The summed E-state index contributed by atoms with van der Waals surface area (Å²) in [6.45, 7) is 6.15. The van der Waals surface area contributed by atoms with E-state index >= 15 is 0 Å². The molecule has 27 heavy (non-hydrogen) atoms. The Morgan fingerprint density at radius 3 is 2.52 bits per heavy atom. The third-order valence-electron chi connectivity index (χ3n) is 5.54. The zero-order valence-electron chi connectivity index (χ0n) is 16.3. The maximum atomic E-state index is 6.17. The second-order valence-electron chi connectivity index (χ2n) is 7.44. The Kier molecular flexibility index (Phi) is 6.46. The van der Waals surface area contributed by atoms with E-state index in [1.165, 1.54) is 60.1 Å². The average molecular weight is 385 g/mol.